The third-order valence-corrected chi connectivity index (χ3v) is 2.04. The number of carbonyl (C=O) groups is 1. The van der Waals surface area contributed by atoms with Crippen LogP contribution in [0.3, 0.4) is 0 Å². The van der Waals surface area contributed by atoms with Crippen molar-refractivity contribution in [1.29, 1.82) is 5.26 Å². The molecular formula is C6H6N2O. The molecule has 9 heavy (non-hydrogen) atoms. The maximum atomic E-state index is 10.7. The van der Waals surface area contributed by atoms with Crippen LogP contribution in [-0.4, -0.2) is 11.9 Å². The zero-order chi connectivity index (χ0) is 6.43. The lowest BCUT2D eigenvalue weighted by Gasteiger charge is -1.99. The highest BCUT2D eigenvalue weighted by molar-refractivity contribution is 5.85. The minimum atomic E-state index is -0.178. The Kier molecular flexibility index (Phi) is 0.677. The molecular weight excluding hydrogens is 116 g/mol. The molecule has 1 saturated heterocycles. The van der Waals surface area contributed by atoms with Gasteiger partial charge in [0.25, 0.3) is 0 Å². The number of nitriles is 1. The molecule has 0 aromatic carbocycles. The first-order chi connectivity index (χ1) is 4.33. The van der Waals surface area contributed by atoms with Gasteiger partial charge in [-0.1, -0.05) is 0 Å². The largest absolute Gasteiger partial charge is 0.340 e. The molecule has 3 heteroatoms. The second kappa shape index (κ2) is 1.27. The van der Waals surface area contributed by atoms with Crippen LogP contribution in [0.4, 0.5) is 0 Å². The smallest absolute Gasteiger partial charge is 0.224 e. The van der Waals surface area contributed by atoms with Gasteiger partial charge in [-0.05, 0) is 6.42 Å². The van der Waals surface area contributed by atoms with E-state index in [4.69, 9.17) is 5.26 Å². The van der Waals surface area contributed by atoms with Gasteiger partial charge in [0, 0.05) is 11.8 Å². The van der Waals surface area contributed by atoms with Crippen molar-refractivity contribution in [2.75, 3.05) is 0 Å². The van der Waals surface area contributed by atoms with Gasteiger partial charge < -0.3 is 5.32 Å². The van der Waals surface area contributed by atoms with Crippen molar-refractivity contribution in [2.45, 2.75) is 12.5 Å². The van der Waals surface area contributed by atoms with Gasteiger partial charge in [-0.25, -0.2) is 0 Å². The van der Waals surface area contributed by atoms with Crippen LogP contribution in [0, 0.1) is 23.2 Å². The lowest BCUT2D eigenvalue weighted by Crippen LogP contribution is -2.28. The van der Waals surface area contributed by atoms with Crippen LogP contribution < -0.4 is 5.32 Å². The molecule has 0 aromatic heterocycles. The number of carbonyl (C=O) groups excluding carboxylic acids is 1. The lowest BCUT2D eigenvalue weighted by atomic mass is 10.2. The van der Waals surface area contributed by atoms with E-state index >= 15 is 0 Å². The standard InChI is InChI=1S/C6H6N2O/c7-2-5-3-1-4(3)6(9)8-5/h3-5H,1H2,(H,8,9)/t3-,4+,5+/m1/s1. The lowest BCUT2D eigenvalue weighted by molar-refractivity contribution is -0.121. The zero-order valence-corrected chi connectivity index (χ0v) is 4.79. The Morgan fingerprint density at radius 1 is 1.78 bits per heavy atom. The molecule has 1 amide bonds. The maximum absolute atomic E-state index is 10.7. The van der Waals surface area contributed by atoms with Gasteiger partial charge in [0.05, 0.1) is 6.07 Å². The molecule has 1 aliphatic carbocycles. The van der Waals surface area contributed by atoms with Gasteiger partial charge in [0.1, 0.15) is 6.04 Å². The third kappa shape index (κ3) is 0.476. The SMILES string of the molecule is N#C[C@@H]1NC(=O)[C@H]2C[C@@H]12. The van der Waals surface area contributed by atoms with E-state index in [1.165, 1.54) is 0 Å². The molecule has 0 spiro atoms. The fraction of sp³-hybridized carbons (Fsp3) is 0.667. The zero-order valence-electron chi connectivity index (χ0n) is 4.79. The average molecular weight is 122 g/mol. The summed E-state index contributed by atoms with van der Waals surface area (Å²) >= 11 is 0. The van der Waals surface area contributed by atoms with Crippen molar-refractivity contribution in [3.05, 3.63) is 0 Å². The number of hydrogen-bond acceptors (Lipinski definition) is 2. The summed E-state index contributed by atoms with van der Waals surface area (Å²) in [6.07, 6.45) is 0.935. The second-order valence-electron chi connectivity index (χ2n) is 2.62. The molecule has 2 aliphatic rings. The van der Waals surface area contributed by atoms with E-state index in [1.807, 2.05) is 0 Å². The van der Waals surface area contributed by atoms with E-state index in [-0.39, 0.29) is 17.9 Å². The van der Waals surface area contributed by atoms with Crippen LogP contribution in [0.1, 0.15) is 6.42 Å². The Hall–Kier alpha value is -1.04. The Morgan fingerprint density at radius 3 is 2.78 bits per heavy atom. The number of rotatable bonds is 0. The summed E-state index contributed by atoms with van der Waals surface area (Å²) in [6, 6.07) is 1.88. The van der Waals surface area contributed by atoms with Crippen LogP contribution in [-0.2, 0) is 4.79 Å². The van der Waals surface area contributed by atoms with Gasteiger partial charge >= 0.3 is 0 Å². The van der Waals surface area contributed by atoms with Gasteiger partial charge in [0.2, 0.25) is 5.91 Å². The number of piperidine rings is 1. The monoisotopic (exact) mass is 122 g/mol. The van der Waals surface area contributed by atoms with E-state index in [9.17, 15) is 4.79 Å². The van der Waals surface area contributed by atoms with Gasteiger partial charge in [-0.3, -0.25) is 4.79 Å². The summed E-state index contributed by atoms with van der Waals surface area (Å²) in [6.45, 7) is 0. The van der Waals surface area contributed by atoms with Crippen LogP contribution in [0.2, 0.25) is 0 Å². The summed E-state index contributed by atoms with van der Waals surface area (Å²) in [5.41, 5.74) is 0. The molecule has 1 saturated carbocycles. The molecule has 2 rings (SSSR count). The topological polar surface area (TPSA) is 52.9 Å². The molecule has 3 atom stereocenters. The molecule has 1 aliphatic heterocycles. The van der Waals surface area contributed by atoms with E-state index < -0.39 is 0 Å². The van der Waals surface area contributed by atoms with Crippen molar-refractivity contribution >= 4 is 5.91 Å². The number of fused-ring (bicyclic) bond motifs is 1. The first-order valence-corrected chi connectivity index (χ1v) is 3.03. The molecule has 0 aromatic rings. The van der Waals surface area contributed by atoms with Crippen LogP contribution >= 0.6 is 0 Å². The van der Waals surface area contributed by atoms with E-state index in [2.05, 4.69) is 11.4 Å². The van der Waals surface area contributed by atoms with Crippen LogP contribution in [0.25, 0.3) is 0 Å². The van der Waals surface area contributed by atoms with Crippen molar-refractivity contribution in [2.24, 2.45) is 11.8 Å². The summed E-state index contributed by atoms with van der Waals surface area (Å²) in [5.74, 6) is 0.615. The molecule has 46 valence electrons. The van der Waals surface area contributed by atoms with Gasteiger partial charge in [-0.2, -0.15) is 5.26 Å². The quantitative estimate of drug-likeness (QED) is 0.477. The minimum Gasteiger partial charge on any atom is -0.340 e. The molecule has 0 unspecified atom stereocenters. The molecule has 3 nitrogen and oxygen atoms in total. The Labute approximate surface area is 52.7 Å². The maximum Gasteiger partial charge on any atom is 0.224 e. The van der Waals surface area contributed by atoms with Crippen LogP contribution in [0.5, 0.6) is 0 Å². The second-order valence-corrected chi connectivity index (χ2v) is 2.62. The molecule has 0 radical (unpaired) electrons. The van der Waals surface area contributed by atoms with E-state index in [0.29, 0.717) is 5.92 Å². The first-order valence-electron chi connectivity index (χ1n) is 3.03. The number of hydrogen-bond donors (Lipinski definition) is 1. The normalized spacial score (nSPS) is 45.2. The predicted octanol–water partition coefficient (Wildman–Crippen LogP) is -0.356. The molecule has 2 fully saturated rings. The molecule has 0 bridgehead atoms. The van der Waals surface area contributed by atoms with Crippen molar-refractivity contribution < 1.29 is 4.79 Å². The van der Waals surface area contributed by atoms with Crippen molar-refractivity contribution in [1.82, 2.24) is 5.32 Å². The highest BCUT2D eigenvalue weighted by atomic mass is 16.2. The summed E-state index contributed by atoms with van der Waals surface area (Å²) in [7, 11) is 0. The van der Waals surface area contributed by atoms with Gasteiger partial charge in [-0.15, -0.1) is 0 Å². The molecule has 1 heterocycles. The predicted molar refractivity (Wildman–Crippen MR) is 29.1 cm³/mol. The van der Waals surface area contributed by atoms with Crippen molar-refractivity contribution in [3.63, 3.8) is 0 Å². The number of nitrogens with zero attached hydrogens (tertiary/aromatic N) is 1. The van der Waals surface area contributed by atoms with E-state index in [1.54, 1.807) is 0 Å². The molecule has 1 N–H and O–H groups in total. The summed E-state index contributed by atoms with van der Waals surface area (Å²) in [5, 5.41) is 11.0. The minimum absolute atomic E-state index is 0.0755. The first kappa shape index (κ1) is 4.80. The fourth-order valence-electron chi connectivity index (χ4n) is 1.38. The third-order valence-electron chi connectivity index (χ3n) is 2.04. The van der Waals surface area contributed by atoms with E-state index in [0.717, 1.165) is 6.42 Å². The van der Waals surface area contributed by atoms with Crippen LogP contribution in [0.15, 0.2) is 0 Å². The fourth-order valence-corrected chi connectivity index (χ4v) is 1.38. The number of amides is 1. The summed E-state index contributed by atoms with van der Waals surface area (Å²) < 4.78 is 0. The highest BCUT2D eigenvalue weighted by Crippen LogP contribution is 2.45. The van der Waals surface area contributed by atoms with Gasteiger partial charge in [0.15, 0.2) is 0 Å². The Balaban J connectivity index is 2.19. The number of nitrogens with one attached hydrogen (secondary N) is 1. The Morgan fingerprint density at radius 2 is 2.56 bits per heavy atom. The summed E-state index contributed by atoms with van der Waals surface area (Å²) in [4.78, 5) is 10.7. The highest BCUT2D eigenvalue weighted by Gasteiger charge is 2.54. The Bertz CT molecular complexity index is 206. The van der Waals surface area contributed by atoms with Crippen molar-refractivity contribution in [3.8, 4) is 6.07 Å². The average Bonchev–Trinajstić information content (AvgIpc) is 2.56.